The van der Waals surface area contributed by atoms with Crippen LogP contribution < -0.4 is 5.73 Å². The fourth-order valence-corrected chi connectivity index (χ4v) is 1.02. The number of aliphatic hydroxyl groups is 1. The van der Waals surface area contributed by atoms with Crippen molar-refractivity contribution in [1.29, 1.82) is 0 Å². The predicted molar refractivity (Wildman–Crippen MR) is 50.2 cm³/mol. The Morgan fingerprint density at radius 1 is 1.46 bits per heavy atom. The average Bonchev–Trinajstić information content (AvgIpc) is 2.12. The van der Waals surface area contributed by atoms with E-state index in [4.69, 9.17) is 15.6 Å². The van der Waals surface area contributed by atoms with Crippen LogP contribution in [0.5, 0.6) is 0 Å². The summed E-state index contributed by atoms with van der Waals surface area (Å²) in [5, 5.41) is 8.50. The van der Waals surface area contributed by atoms with Crippen molar-refractivity contribution >= 4 is 5.97 Å². The lowest BCUT2D eigenvalue weighted by molar-refractivity contribution is -0.144. The molecule has 3 N–H and O–H groups in total. The summed E-state index contributed by atoms with van der Waals surface area (Å²) in [6.45, 7) is 2.34. The molecule has 0 rings (SSSR count). The topological polar surface area (TPSA) is 72.5 Å². The molecule has 0 bridgehead atoms. The molecule has 0 aliphatic carbocycles. The van der Waals surface area contributed by atoms with Crippen LogP contribution in [0.15, 0.2) is 0 Å². The normalized spacial score (nSPS) is 12.5. The molecular weight excluding hydrogens is 170 g/mol. The maximum atomic E-state index is 11.0. The van der Waals surface area contributed by atoms with Gasteiger partial charge < -0.3 is 15.6 Å². The van der Waals surface area contributed by atoms with Gasteiger partial charge in [0.1, 0.15) is 6.04 Å². The smallest absolute Gasteiger partial charge is 0.322 e. The quantitative estimate of drug-likeness (QED) is 0.450. The van der Waals surface area contributed by atoms with Gasteiger partial charge in [0.25, 0.3) is 0 Å². The highest BCUT2D eigenvalue weighted by atomic mass is 16.5. The maximum Gasteiger partial charge on any atom is 0.322 e. The number of hydrogen-bond donors (Lipinski definition) is 2. The van der Waals surface area contributed by atoms with Crippen molar-refractivity contribution in [2.24, 2.45) is 5.73 Å². The van der Waals surface area contributed by atoms with Gasteiger partial charge in [0.15, 0.2) is 0 Å². The largest absolute Gasteiger partial charge is 0.465 e. The lowest BCUT2D eigenvalue weighted by atomic mass is 10.1. The summed E-state index contributed by atoms with van der Waals surface area (Å²) in [6.07, 6.45) is 3.18. The highest BCUT2D eigenvalue weighted by molar-refractivity contribution is 5.75. The van der Waals surface area contributed by atoms with E-state index >= 15 is 0 Å². The van der Waals surface area contributed by atoms with Crippen LogP contribution in [0.2, 0.25) is 0 Å². The second kappa shape index (κ2) is 8.01. The summed E-state index contributed by atoms with van der Waals surface area (Å²) < 4.78 is 4.75. The molecule has 0 aliphatic heterocycles. The Morgan fingerprint density at radius 2 is 2.15 bits per heavy atom. The molecular formula is C9H19NO3. The van der Waals surface area contributed by atoms with Crippen molar-refractivity contribution in [3.05, 3.63) is 0 Å². The Bertz CT molecular complexity index is 139. The Balaban J connectivity index is 3.38. The van der Waals surface area contributed by atoms with Crippen molar-refractivity contribution in [2.45, 2.75) is 38.6 Å². The Hall–Kier alpha value is -0.610. The molecule has 0 aromatic carbocycles. The first-order chi connectivity index (χ1) is 6.22. The fourth-order valence-electron chi connectivity index (χ4n) is 1.02. The highest BCUT2D eigenvalue weighted by Gasteiger charge is 2.12. The Labute approximate surface area is 79.1 Å². The fraction of sp³-hybridized carbons (Fsp3) is 0.889. The molecule has 0 aromatic heterocycles. The zero-order valence-corrected chi connectivity index (χ0v) is 8.16. The molecule has 0 saturated carbocycles. The molecule has 0 aliphatic rings. The third-order valence-corrected chi connectivity index (χ3v) is 1.76. The van der Waals surface area contributed by atoms with Gasteiger partial charge in [-0.3, -0.25) is 4.79 Å². The summed E-state index contributed by atoms with van der Waals surface area (Å²) in [4.78, 5) is 11.0. The number of aliphatic hydroxyl groups excluding tert-OH is 1. The predicted octanol–water partition coefficient (Wildman–Crippen LogP) is 0.429. The van der Waals surface area contributed by atoms with Crippen LogP contribution in [-0.4, -0.2) is 30.3 Å². The minimum absolute atomic E-state index is 0.203. The van der Waals surface area contributed by atoms with Gasteiger partial charge >= 0.3 is 5.97 Å². The summed E-state index contributed by atoms with van der Waals surface area (Å²) >= 11 is 0. The third kappa shape index (κ3) is 6.54. The van der Waals surface area contributed by atoms with Gasteiger partial charge in [-0.25, -0.2) is 0 Å². The zero-order chi connectivity index (χ0) is 10.1. The first-order valence-corrected chi connectivity index (χ1v) is 4.75. The molecule has 0 amide bonds. The Kier molecular flexibility index (Phi) is 7.63. The van der Waals surface area contributed by atoms with Crippen LogP contribution in [-0.2, 0) is 9.53 Å². The molecule has 78 valence electrons. The van der Waals surface area contributed by atoms with Crippen LogP contribution in [0.4, 0.5) is 0 Å². The van der Waals surface area contributed by atoms with E-state index < -0.39 is 6.04 Å². The van der Waals surface area contributed by atoms with Gasteiger partial charge in [-0.1, -0.05) is 12.8 Å². The molecule has 0 aromatic rings. The summed E-state index contributed by atoms with van der Waals surface area (Å²) in [5.41, 5.74) is 5.55. The van der Waals surface area contributed by atoms with E-state index in [0.717, 1.165) is 19.3 Å². The van der Waals surface area contributed by atoms with Crippen molar-refractivity contribution in [3.63, 3.8) is 0 Å². The Morgan fingerprint density at radius 3 is 2.69 bits per heavy atom. The first-order valence-electron chi connectivity index (χ1n) is 4.75. The number of nitrogens with two attached hydrogens (primary N) is 1. The van der Waals surface area contributed by atoms with E-state index in [1.54, 1.807) is 6.92 Å². The van der Waals surface area contributed by atoms with Gasteiger partial charge in [0.05, 0.1) is 6.61 Å². The van der Waals surface area contributed by atoms with Gasteiger partial charge in [0, 0.05) is 6.61 Å². The van der Waals surface area contributed by atoms with Gasteiger partial charge in [0.2, 0.25) is 0 Å². The van der Waals surface area contributed by atoms with Crippen LogP contribution in [0.3, 0.4) is 0 Å². The molecule has 0 spiro atoms. The molecule has 4 nitrogen and oxygen atoms in total. The number of carbonyl (C=O) groups is 1. The summed E-state index contributed by atoms with van der Waals surface area (Å²) in [7, 11) is 0. The number of rotatable bonds is 7. The second-order valence-electron chi connectivity index (χ2n) is 2.93. The van der Waals surface area contributed by atoms with Gasteiger partial charge in [-0.15, -0.1) is 0 Å². The van der Waals surface area contributed by atoms with Gasteiger partial charge in [-0.2, -0.15) is 0 Å². The lowest BCUT2D eigenvalue weighted by Gasteiger charge is -2.09. The minimum atomic E-state index is -0.501. The van der Waals surface area contributed by atoms with Crippen molar-refractivity contribution in [2.75, 3.05) is 13.2 Å². The van der Waals surface area contributed by atoms with Gasteiger partial charge in [-0.05, 0) is 19.8 Å². The second-order valence-corrected chi connectivity index (χ2v) is 2.93. The number of ether oxygens (including phenoxy) is 1. The van der Waals surface area contributed by atoms with E-state index in [0.29, 0.717) is 13.0 Å². The molecule has 13 heavy (non-hydrogen) atoms. The monoisotopic (exact) mass is 189 g/mol. The summed E-state index contributed by atoms with van der Waals surface area (Å²) in [6, 6.07) is -0.501. The highest BCUT2D eigenvalue weighted by Crippen LogP contribution is 2.02. The molecule has 0 radical (unpaired) electrons. The maximum absolute atomic E-state index is 11.0. The molecule has 0 heterocycles. The van der Waals surface area contributed by atoms with Crippen molar-refractivity contribution in [3.8, 4) is 0 Å². The van der Waals surface area contributed by atoms with Crippen molar-refractivity contribution < 1.29 is 14.6 Å². The number of hydrogen-bond acceptors (Lipinski definition) is 4. The SMILES string of the molecule is CCOC(=O)C(N)CCCCCO. The van der Waals surface area contributed by atoms with Crippen LogP contribution in [0, 0.1) is 0 Å². The lowest BCUT2D eigenvalue weighted by Crippen LogP contribution is -2.32. The molecule has 1 atom stereocenters. The van der Waals surface area contributed by atoms with E-state index in [1.165, 1.54) is 0 Å². The van der Waals surface area contributed by atoms with Crippen LogP contribution in [0.1, 0.15) is 32.6 Å². The van der Waals surface area contributed by atoms with E-state index in [-0.39, 0.29) is 12.6 Å². The molecule has 0 fully saturated rings. The van der Waals surface area contributed by atoms with E-state index in [9.17, 15) is 4.79 Å². The van der Waals surface area contributed by atoms with E-state index in [1.807, 2.05) is 0 Å². The number of carbonyl (C=O) groups excluding carboxylic acids is 1. The van der Waals surface area contributed by atoms with Crippen LogP contribution >= 0.6 is 0 Å². The van der Waals surface area contributed by atoms with Crippen LogP contribution in [0.25, 0.3) is 0 Å². The zero-order valence-electron chi connectivity index (χ0n) is 8.16. The third-order valence-electron chi connectivity index (χ3n) is 1.76. The molecule has 4 heteroatoms. The van der Waals surface area contributed by atoms with Crippen molar-refractivity contribution in [1.82, 2.24) is 0 Å². The first kappa shape index (κ1) is 12.4. The van der Waals surface area contributed by atoms with E-state index in [2.05, 4.69) is 0 Å². The standard InChI is InChI=1S/C9H19NO3/c1-2-13-9(12)8(10)6-4-3-5-7-11/h8,11H,2-7,10H2,1H3. The number of unbranched alkanes of at least 4 members (excludes halogenated alkanes) is 2. The summed E-state index contributed by atoms with van der Waals surface area (Å²) in [5.74, 6) is -0.327. The minimum Gasteiger partial charge on any atom is -0.465 e. The molecule has 1 unspecified atom stereocenters. The number of esters is 1. The average molecular weight is 189 g/mol. The molecule has 0 saturated heterocycles.